The predicted octanol–water partition coefficient (Wildman–Crippen LogP) is 1.52. The third-order valence-electron chi connectivity index (χ3n) is 3.36. The molecule has 0 atom stereocenters. The molecule has 2 N–H and O–H groups in total. The zero-order chi connectivity index (χ0) is 12.1. The van der Waals surface area contributed by atoms with Crippen molar-refractivity contribution < 1.29 is 0 Å². The highest BCUT2D eigenvalue weighted by molar-refractivity contribution is 5.41. The van der Waals surface area contributed by atoms with E-state index in [9.17, 15) is 0 Å². The Morgan fingerprint density at radius 1 is 1.41 bits per heavy atom. The van der Waals surface area contributed by atoms with E-state index < -0.39 is 0 Å². The van der Waals surface area contributed by atoms with Crippen molar-refractivity contribution in [2.45, 2.75) is 19.3 Å². The second kappa shape index (κ2) is 5.65. The van der Waals surface area contributed by atoms with Crippen LogP contribution in [0.3, 0.4) is 0 Å². The second-order valence-electron chi connectivity index (χ2n) is 4.50. The topological polar surface area (TPSA) is 65.9 Å². The van der Waals surface area contributed by atoms with Crippen molar-refractivity contribution in [3.63, 3.8) is 0 Å². The van der Waals surface area contributed by atoms with Gasteiger partial charge in [0.2, 0.25) is 0 Å². The fourth-order valence-corrected chi connectivity index (χ4v) is 2.35. The lowest BCUT2D eigenvalue weighted by Gasteiger charge is -2.32. The van der Waals surface area contributed by atoms with E-state index in [1.54, 1.807) is 6.07 Å². The summed E-state index contributed by atoms with van der Waals surface area (Å²) in [6.45, 7) is 2.83. The Morgan fingerprint density at radius 2 is 2.18 bits per heavy atom. The second-order valence-corrected chi connectivity index (χ2v) is 4.50. The normalized spacial score (nSPS) is 16.8. The molecule has 1 fully saturated rings. The molecular weight excluding hydrogens is 212 g/mol. The minimum atomic E-state index is 0.492. The number of piperidine rings is 1. The lowest BCUT2D eigenvalue weighted by atomic mass is 9.94. The maximum absolute atomic E-state index is 8.83. The van der Waals surface area contributed by atoms with E-state index in [4.69, 9.17) is 11.0 Å². The van der Waals surface area contributed by atoms with E-state index >= 15 is 0 Å². The van der Waals surface area contributed by atoms with Crippen molar-refractivity contribution in [1.29, 1.82) is 5.26 Å². The molecule has 2 rings (SSSR count). The summed E-state index contributed by atoms with van der Waals surface area (Å²) in [6.07, 6.45) is 3.48. The largest absolute Gasteiger partial charge is 0.357 e. The summed E-state index contributed by atoms with van der Waals surface area (Å²) in [5.74, 6) is 1.69. The highest BCUT2D eigenvalue weighted by Gasteiger charge is 2.19. The molecule has 1 aliphatic rings. The number of nitriles is 1. The van der Waals surface area contributed by atoms with Crippen LogP contribution in [0.4, 0.5) is 5.82 Å². The molecule has 0 amide bonds. The first-order valence-electron chi connectivity index (χ1n) is 6.15. The maximum Gasteiger partial charge on any atom is 0.142 e. The summed E-state index contributed by atoms with van der Waals surface area (Å²) >= 11 is 0. The minimum Gasteiger partial charge on any atom is -0.357 e. The SMILES string of the molecule is N#Cc1cccc(N2CCC(CCN)CC2)n1. The third-order valence-corrected chi connectivity index (χ3v) is 3.36. The molecular formula is C13H18N4. The summed E-state index contributed by atoms with van der Waals surface area (Å²) in [6, 6.07) is 7.69. The molecule has 4 nitrogen and oxygen atoms in total. The Morgan fingerprint density at radius 3 is 2.82 bits per heavy atom. The maximum atomic E-state index is 8.83. The van der Waals surface area contributed by atoms with Gasteiger partial charge in [-0.05, 0) is 43.9 Å². The summed E-state index contributed by atoms with van der Waals surface area (Å²) in [5, 5.41) is 8.83. The lowest BCUT2D eigenvalue weighted by Crippen LogP contribution is -2.34. The van der Waals surface area contributed by atoms with Crippen molar-refractivity contribution in [3.05, 3.63) is 23.9 Å². The standard InChI is InChI=1S/C13H18N4/c14-7-4-11-5-8-17(9-6-11)13-3-1-2-12(10-15)16-13/h1-3,11H,4-9,14H2. The Labute approximate surface area is 102 Å². The number of nitrogens with zero attached hydrogens (tertiary/aromatic N) is 3. The Balaban J connectivity index is 1.98. The van der Waals surface area contributed by atoms with Crippen molar-refractivity contribution in [2.24, 2.45) is 11.7 Å². The highest BCUT2D eigenvalue weighted by Crippen LogP contribution is 2.23. The average Bonchev–Trinajstić information content (AvgIpc) is 2.40. The zero-order valence-corrected chi connectivity index (χ0v) is 9.97. The number of anilines is 1. The summed E-state index contributed by atoms with van der Waals surface area (Å²) < 4.78 is 0. The Bertz CT molecular complexity index is 402. The van der Waals surface area contributed by atoms with E-state index in [2.05, 4.69) is 16.0 Å². The van der Waals surface area contributed by atoms with E-state index in [-0.39, 0.29) is 0 Å². The highest BCUT2D eigenvalue weighted by atomic mass is 15.2. The van der Waals surface area contributed by atoms with Crippen molar-refractivity contribution in [1.82, 2.24) is 4.98 Å². The number of hydrogen-bond acceptors (Lipinski definition) is 4. The van der Waals surface area contributed by atoms with Crippen LogP contribution >= 0.6 is 0 Å². The van der Waals surface area contributed by atoms with Crippen LogP contribution in [0.15, 0.2) is 18.2 Å². The molecule has 0 spiro atoms. The van der Waals surface area contributed by atoms with E-state index in [0.717, 1.165) is 37.8 Å². The van der Waals surface area contributed by atoms with Gasteiger partial charge in [-0.25, -0.2) is 4.98 Å². The van der Waals surface area contributed by atoms with Gasteiger partial charge in [0.05, 0.1) is 0 Å². The van der Waals surface area contributed by atoms with Crippen LogP contribution in [0.1, 0.15) is 25.0 Å². The molecule has 0 aromatic carbocycles. The van der Waals surface area contributed by atoms with Crippen molar-refractivity contribution in [2.75, 3.05) is 24.5 Å². The van der Waals surface area contributed by atoms with Crippen LogP contribution in [0.2, 0.25) is 0 Å². The van der Waals surface area contributed by atoms with Crippen LogP contribution in [-0.2, 0) is 0 Å². The van der Waals surface area contributed by atoms with Crippen LogP contribution in [0.25, 0.3) is 0 Å². The molecule has 0 unspecified atom stereocenters. The number of hydrogen-bond donors (Lipinski definition) is 1. The molecule has 1 aromatic heterocycles. The quantitative estimate of drug-likeness (QED) is 0.855. The van der Waals surface area contributed by atoms with Gasteiger partial charge >= 0.3 is 0 Å². The van der Waals surface area contributed by atoms with Gasteiger partial charge < -0.3 is 10.6 Å². The number of pyridine rings is 1. The number of nitrogens with two attached hydrogens (primary N) is 1. The average molecular weight is 230 g/mol. The first-order chi connectivity index (χ1) is 8.33. The Hall–Kier alpha value is -1.60. The summed E-state index contributed by atoms with van der Waals surface area (Å²) in [5.41, 5.74) is 6.07. The fourth-order valence-electron chi connectivity index (χ4n) is 2.35. The van der Waals surface area contributed by atoms with E-state index in [1.165, 1.54) is 12.8 Å². The summed E-state index contributed by atoms with van der Waals surface area (Å²) in [7, 11) is 0. The molecule has 1 aromatic rings. The van der Waals surface area contributed by atoms with Crippen molar-refractivity contribution in [3.8, 4) is 6.07 Å². The Kier molecular flexibility index (Phi) is 3.94. The molecule has 90 valence electrons. The van der Waals surface area contributed by atoms with Gasteiger partial charge in [-0.1, -0.05) is 6.07 Å². The number of rotatable bonds is 3. The van der Waals surface area contributed by atoms with E-state index in [0.29, 0.717) is 5.69 Å². The van der Waals surface area contributed by atoms with Gasteiger partial charge in [-0.2, -0.15) is 5.26 Å². The van der Waals surface area contributed by atoms with Gasteiger partial charge in [0.1, 0.15) is 17.6 Å². The smallest absolute Gasteiger partial charge is 0.142 e. The zero-order valence-electron chi connectivity index (χ0n) is 9.97. The molecule has 0 bridgehead atoms. The molecule has 17 heavy (non-hydrogen) atoms. The summed E-state index contributed by atoms with van der Waals surface area (Å²) in [4.78, 5) is 6.58. The first kappa shape index (κ1) is 11.9. The molecule has 0 aliphatic carbocycles. The van der Waals surface area contributed by atoms with Gasteiger partial charge in [-0.3, -0.25) is 0 Å². The lowest BCUT2D eigenvalue weighted by molar-refractivity contribution is 0.385. The first-order valence-corrected chi connectivity index (χ1v) is 6.15. The minimum absolute atomic E-state index is 0.492. The molecule has 0 saturated carbocycles. The molecule has 2 heterocycles. The van der Waals surface area contributed by atoms with Crippen molar-refractivity contribution >= 4 is 5.82 Å². The van der Waals surface area contributed by atoms with Crippen LogP contribution in [0.5, 0.6) is 0 Å². The third kappa shape index (κ3) is 2.95. The van der Waals surface area contributed by atoms with Gasteiger partial charge in [-0.15, -0.1) is 0 Å². The van der Waals surface area contributed by atoms with Gasteiger partial charge in [0, 0.05) is 13.1 Å². The monoisotopic (exact) mass is 230 g/mol. The van der Waals surface area contributed by atoms with Crippen LogP contribution in [-0.4, -0.2) is 24.6 Å². The number of aromatic nitrogens is 1. The molecule has 4 heteroatoms. The van der Waals surface area contributed by atoms with E-state index in [1.807, 2.05) is 12.1 Å². The van der Waals surface area contributed by atoms with Gasteiger partial charge in [0.15, 0.2) is 0 Å². The fraction of sp³-hybridized carbons (Fsp3) is 0.538. The van der Waals surface area contributed by atoms with Crippen LogP contribution < -0.4 is 10.6 Å². The predicted molar refractivity (Wildman–Crippen MR) is 67.6 cm³/mol. The van der Waals surface area contributed by atoms with Crippen LogP contribution in [0, 0.1) is 17.2 Å². The van der Waals surface area contributed by atoms with Gasteiger partial charge in [0.25, 0.3) is 0 Å². The molecule has 1 aliphatic heterocycles. The molecule has 0 radical (unpaired) electrons. The molecule has 1 saturated heterocycles.